The molecule has 0 aliphatic carbocycles. The molecule has 0 unspecified atom stereocenters. The van der Waals surface area contributed by atoms with E-state index in [-0.39, 0.29) is 11.8 Å². The largest absolute Gasteiger partial charge is 0.361 e. The third kappa shape index (κ3) is 1.88. The second-order valence-electron chi connectivity index (χ2n) is 7.44. The average Bonchev–Trinajstić information content (AvgIpc) is 3.41. The number of amides is 2. The number of aromatic nitrogens is 2. The highest BCUT2D eigenvalue weighted by Crippen LogP contribution is 2.44. The van der Waals surface area contributed by atoms with Crippen molar-refractivity contribution in [1.29, 1.82) is 0 Å². The Morgan fingerprint density at radius 3 is 2.56 bits per heavy atom. The lowest BCUT2D eigenvalue weighted by atomic mass is 9.83. The Hall–Kier alpha value is -3.34. The van der Waals surface area contributed by atoms with Crippen LogP contribution >= 0.6 is 0 Å². The van der Waals surface area contributed by atoms with Crippen molar-refractivity contribution in [1.82, 2.24) is 14.9 Å². The van der Waals surface area contributed by atoms with Gasteiger partial charge in [0.25, 0.3) is 0 Å². The van der Waals surface area contributed by atoms with Crippen molar-refractivity contribution in [2.75, 3.05) is 0 Å². The number of aryl methyl sites for hydroxylation is 2. The van der Waals surface area contributed by atoms with E-state index in [1.807, 2.05) is 36.5 Å². The summed E-state index contributed by atoms with van der Waals surface area (Å²) in [5.74, 6) is -1.45. The van der Waals surface area contributed by atoms with Gasteiger partial charge in [0.2, 0.25) is 11.8 Å². The van der Waals surface area contributed by atoms with Crippen LogP contribution in [-0.4, -0.2) is 21.4 Å². The van der Waals surface area contributed by atoms with Crippen molar-refractivity contribution >= 4 is 33.6 Å². The number of hydrogen-bond acceptors (Lipinski definition) is 2. The molecule has 5 nitrogen and oxygen atoms in total. The molecule has 5 heteroatoms. The van der Waals surface area contributed by atoms with E-state index in [4.69, 9.17) is 0 Å². The molecular weight excluding hydrogens is 338 g/mol. The van der Waals surface area contributed by atoms with Gasteiger partial charge in [-0.15, -0.1) is 0 Å². The Morgan fingerprint density at radius 2 is 1.67 bits per heavy atom. The zero-order chi connectivity index (χ0) is 18.1. The van der Waals surface area contributed by atoms with Crippen LogP contribution in [0.5, 0.6) is 0 Å². The van der Waals surface area contributed by atoms with Gasteiger partial charge in [-0.1, -0.05) is 36.4 Å². The molecule has 2 aromatic heterocycles. The highest BCUT2D eigenvalue weighted by Gasteiger charge is 2.45. The summed E-state index contributed by atoms with van der Waals surface area (Å²) in [6, 6.07) is 14.2. The molecule has 2 amide bonds. The number of carbonyl (C=O) groups excluding carboxylic acids is 2. The first-order valence-corrected chi connectivity index (χ1v) is 9.24. The molecule has 4 heterocycles. The minimum absolute atomic E-state index is 0.208. The number of H-pyrrole nitrogens is 1. The number of benzene rings is 2. The van der Waals surface area contributed by atoms with Gasteiger partial charge in [-0.3, -0.25) is 14.9 Å². The Kier molecular flexibility index (Phi) is 2.79. The van der Waals surface area contributed by atoms with Gasteiger partial charge >= 0.3 is 0 Å². The lowest BCUT2D eigenvalue weighted by Crippen LogP contribution is -2.21. The first kappa shape index (κ1) is 14.8. The summed E-state index contributed by atoms with van der Waals surface area (Å²) in [4.78, 5) is 28.9. The third-order valence-corrected chi connectivity index (χ3v) is 6.07. The predicted octanol–water partition coefficient (Wildman–Crippen LogP) is 3.20. The first-order valence-electron chi connectivity index (χ1n) is 9.24. The first-order chi connectivity index (χ1) is 13.2. The maximum absolute atomic E-state index is 12.8. The van der Waals surface area contributed by atoms with Crippen LogP contribution in [0.1, 0.15) is 28.5 Å². The lowest BCUT2D eigenvalue weighted by molar-refractivity contribution is -0.125. The fraction of sp³-hybridized carbons (Fsp3) is 0.182. The zero-order valence-electron chi connectivity index (χ0n) is 14.5. The maximum Gasteiger partial charge on any atom is 0.235 e. The summed E-state index contributed by atoms with van der Waals surface area (Å²) in [7, 11) is 0. The fourth-order valence-corrected chi connectivity index (χ4v) is 4.90. The summed E-state index contributed by atoms with van der Waals surface area (Å²) < 4.78 is 2.22. The summed E-state index contributed by atoms with van der Waals surface area (Å²) in [6.07, 6.45) is 4.97. The van der Waals surface area contributed by atoms with Gasteiger partial charge in [0.1, 0.15) is 0 Å². The predicted molar refractivity (Wildman–Crippen MR) is 103 cm³/mol. The number of fused-ring (bicyclic) bond motifs is 1. The SMILES string of the molecule is O=C1NC(=O)[C@@H](c2cn3c4c(cccc24)CC3)[C@@H]1c1c[nH]c2ccccc12. The minimum Gasteiger partial charge on any atom is -0.361 e. The molecule has 27 heavy (non-hydrogen) atoms. The molecule has 2 aliphatic heterocycles. The van der Waals surface area contributed by atoms with Gasteiger partial charge in [0.05, 0.1) is 17.4 Å². The monoisotopic (exact) mass is 355 g/mol. The van der Waals surface area contributed by atoms with Crippen LogP contribution in [-0.2, 0) is 22.6 Å². The number of nitrogens with one attached hydrogen (secondary N) is 2. The molecule has 4 aromatic rings. The highest BCUT2D eigenvalue weighted by molar-refractivity contribution is 6.13. The molecule has 0 saturated carbocycles. The fourth-order valence-electron chi connectivity index (χ4n) is 4.90. The van der Waals surface area contributed by atoms with Crippen molar-refractivity contribution in [3.63, 3.8) is 0 Å². The van der Waals surface area contributed by atoms with Gasteiger partial charge in [-0.2, -0.15) is 0 Å². The zero-order valence-corrected chi connectivity index (χ0v) is 14.5. The number of hydrogen-bond donors (Lipinski definition) is 2. The van der Waals surface area contributed by atoms with Crippen LogP contribution in [0.15, 0.2) is 54.9 Å². The van der Waals surface area contributed by atoms with Crippen LogP contribution in [0.2, 0.25) is 0 Å². The topological polar surface area (TPSA) is 66.9 Å². The molecule has 2 aliphatic rings. The van der Waals surface area contributed by atoms with Crippen molar-refractivity contribution < 1.29 is 9.59 Å². The molecule has 2 aromatic carbocycles. The van der Waals surface area contributed by atoms with E-state index in [9.17, 15) is 9.59 Å². The number of imide groups is 1. The van der Waals surface area contributed by atoms with Crippen molar-refractivity contribution in [3.8, 4) is 0 Å². The number of nitrogens with zero attached hydrogens (tertiary/aromatic N) is 1. The summed E-state index contributed by atoms with van der Waals surface area (Å²) in [6.45, 7) is 0.926. The van der Waals surface area contributed by atoms with Gasteiger partial charge in [-0.25, -0.2) is 0 Å². The van der Waals surface area contributed by atoms with Crippen molar-refractivity contribution in [2.24, 2.45) is 0 Å². The molecule has 1 saturated heterocycles. The van der Waals surface area contributed by atoms with Crippen LogP contribution in [0.4, 0.5) is 0 Å². The van der Waals surface area contributed by atoms with Crippen molar-refractivity contribution in [3.05, 3.63) is 71.5 Å². The molecular formula is C22H17N3O2. The third-order valence-electron chi connectivity index (χ3n) is 6.07. The molecule has 132 valence electrons. The minimum atomic E-state index is -0.518. The van der Waals surface area contributed by atoms with Crippen LogP contribution < -0.4 is 5.32 Å². The number of aromatic amines is 1. The van der Waals surface area contributed by atoms with Gasteiger partial charge in [0, 0.05) is 35.2 Å². The molecule has 2 atom stereocenters. The highest BCUT2D eigenvalue weighted by atomic mass is 16.2. The van der Waals surface area contributed by atoms with Gasteiger partial charge in [0.15, 0.2) is 0 Å². The Morgan fingerprint density at radius 1 is 0.889 bits per heavy atom. The van der Waals surface area contributed by atoms with Crippen LogP contribution in [0, 0.1) is 0 Å². The molecule has 1 fully saturated rings. The lowest BCUT2D eigenvalue weighted by Gasteiger charge is -2.15. The summed E-state index contributed by atoms with van der Waals surface area (Å²) in [5, 5.41) is 4.66. The Labute approximate surface area is 155 Å². The smallest absolute Gasteiger partial charge is 0.235 e. The molecule has 6 rings (SSSR count). The summed E-state index contributed by atoms with van der Waals surface area (Å²) in [5.41, 5.74) is 5.33. The number of para-hydroxylation sites is 2. The maximum atomic E-state index is 12.8. The van der Waals surface area contributed by atoms with E-state index in [0.29, 0.717) is 0 Å². The normalized spacial score (nSPS) is 21.5. The van der Waals surface area contributed by atoms with E-state index in [2.05, 4.69) is 33.2 Å². The second kappa shape index (κ2) is 5.10. The molecule has 2 N–H and O–H groups in total. The van der Waals surface area contributed by atoms with Gasteiger partial charge < -0.3 is 9.55 Å². The van der Waals surface area contributed by atoms with Gasteiger partial charge in [-0.05, 0) is 29.2 Å². The van der Waals surface area contributed by atoms with Crippen LogP contribution in [0.3, 0.4) is 0 Å². The van der Waals surface area contributed by atoms with Crippen LogP contribution in [0.25, 0.3) is 21.8 Å². The van der Waals surface area contributed by atoms with Crippen molar-refractivity contribution in [2.45, 2.75) is 24.8 Å². The molecule has 0 bridgehead atoms. The molecule has 0 radical (unpaired) electrons. The van der Waals surface area contributed by atoms with E-state index in [1.165, 1.54) is 11.1 Å². The standard InChI is InChI=1S/C22H17N3O2/c26-21-18(15-10-23-17-7-2-1-5-13(15)17)19(22(27)24-21)16-11-25-9-8-12-4-3-6-14(16)20(12)25/h1-7,10-11,18-19,23H,8-9H2,(H,24,26,27)/t18-,19-/m0/s1. The van der Waals surface area contributed by atoms with E-state index in [1.54, 1.807) is 0 Å². The van der Waals surface area contributed by atoms with E-state index < -0.39 is 11.8 Å². The quantitative estimate of drug-likeness (QED) is 0.542. The summed E-state index contributed by atoms with van der Waals surface area (Å²) >= 11 is 0. The average molecular weight is 355 g/mol. The number of carbonyl (C=O) groups is 2. The number of rotatable bonds is 2. The Bertz CT molecular complexity index is 1260. The van der Waals surface area contributed by atoms with E-state index in [0.717, 1.165) is 40.4 Å². The molecule has 0 spiro atoms. The second-order valence-corrected chi connectivity index (χ2v) is 7.44. The van der Waals surface area contributed by atoms with E-state index >= 15 is 0 Å². The Balaban J connectivity index is 1.58.